The number of aryl methyl sites for hydroxylation is 1. The number of phenols is 1. The van der Waals surface area contributed by atoms with Gasteiger partial charge in [0, 0.05) is 5.46 Å². The van der Waals surface area contributed by atoms with Crippen molar-refractivity contribution in [2.24, 2.45) is 0 Å². The van der Waals surface area contributed by atoms with Gasteiger partial charge < -0.3 is 15.2 Å². The predicted molar refractivity (Wildman–Crippen MR) is 47.4 cm³/mol. The molecule has 0 atom stereocenters. The Labute approximate surface area is 75.8 Å². The van der Waals surface area contributed by atoms with Crippen LogP contribution in [0.25, 0.3) is 0 Å². The Hall–Kier alpha value is -1.51. The molecule has 0 aliphatic rings. The van der Waals surface area contributed by atoms with Crippen LogP contribution in [0, 0.1) is 18.3 Å². The van der Waals surface area contributed by atoms with Gasteiger partial charge in [0.25, 0.3) is 0 Å². The Balaban J connectivity index is 3.38. The molecular formula is C8H8BNO3. The van der Waals surface area contributed by atoms with Crippen molar-refractivity contribution in [1.29, 1.82) is 5.26 Å². The third-order valence-electron chi connectivity index (χ3n) is 1.68. The lowest BCUT2D eigenvalue weighted by Crippen LogP contribution is -2.30. The van der Waals surface area contributed by atoms with Gasteiger partial charge in [-0.15, -0.1) is 0 Å². The Morgan fingerprint density at radius 2 is 2.00 bits per heavy atom. The zero-order valence-electron chi connectivity index (χ0n) is 7.02. The van der Waals surface area contributed by atoms with Gasteiger partial charge in [0.15, 0.2) is 0 Å². The van der Waals surface area contributed by atoms with Crippen LogP contribution in [0.2, 0.25) is 0 Å². The SMILES string of the molecule is Cc1cc(C#N)c(O)c(B(O)O)c1. The van der Waals surface area contributed by atoms with Crippen molar-refractivity contribution in [2.45, 2.75) is 6.92 Å². The first-order valence-electron chi connectivity index (χ1n) is 3.66. The Morgan fingerprint density at radius 3 is 2.46 bits per heavy atom. The molecule has 0 saturated heterocycles. The van der Waals surface area contributed by atoms with Gasteiger partial charge >= 0.3 is 7.12 Å². The maximum absolute atomic E-state index is 9.34. The molecule has 0 aromatic heterocycles. The van der Waals surface area contributed by atoms with Crippen LogP contribution in [0.5, 0.6) is 5.75 Å². The second kappa shape index (κ2) is 3.48. The lowest BCUT2D eigenvalue weighted by atomic mass is 9.78. The van der Waals surface area contributed by atoms with E-state index in [0.717, 1.165) is 0 Å². The molecule has 0 radical (unpaired) electrons. The maximum Gasteiger partial charge on any atom is 0.492 e. The highest BCUT2D eigenvalue weighted by Crippen LogP contribution is 2.14. The quantitative estimate of drug-likeness (QED) is 0.492. The molecule has 1 aromatic carbocycles. The van der Waals surface area contributed by atoms with Gasteiger partial charge in [-0.1, -0.05) is 6.07 Å². The molecule has 0 amide bonds. The molecule has 1 rings (SSSR count). The molecule has 0 aliphatic carbocycles. The lowest BCUT2D eigenvalue weighted by Gasteiger charge is -2.05. The van der Waals surface area contributed by atoms with Gasteiger partial charge in [-0.05, 0) is 18.6 Å². The summed E-state index contributed by atoms with van der Waals surface area (Å²) in [5.74, 6) is -0.372. The minimum absolute atomic E-state index is 0.0445. The smallest absolute Gasteiger partial charge is 0.492 e. The molecule has 0 unspecified atom stereocenters. The monoisotopic (exact) mass is 177 g/mol. The molecule has 5 heteroatoms. The number of hydrogen-bond acceptors (Lipinski definition) is 4. The van der Waals surface area contributed by atoms with Crippen LogP contribution in [-0.4, -0.2) is 22.3 Å². The molecule has 13 heavy (non-hydrogen) atoms. The second-order valence-corrected chi connectivity index (χ2v) is 2.74. The molecule has 0 aliphatic heterocycles. The highest BCUT2D eigenvalue weighted by Gasteiger charge is 2.18. The van der Waals surface area contributed by atoms with E-state index < -0.39 is 7.12 Å². The van der Waals surface area contributed by atoms with Crippen LogP contribution < -0.4 is 5.46 Å². The number of hydrogen-bond donors (Lipinski definition) is 3. The highest BCUT2D eigenvalue weighted by atomic mass is 16.4. The van der Waals surface area contributed by atoms with E-state index in [1.165, 1.54) is 12.1 Å². The second-order valence-electron chi connectivity index (χ2n) is 2.74. The van der Waals surface area contributed by atoms with Crippen LogP contribution >= 0.6 is 0 Å². The standard InChI is InChI=1S/C8H8BNO3/c1-5-2-6(4-10)8(11)7(3-5)9(12)13/h2-3,11-13H,1H3. The van der Waals surface area contributed by atoms with E-state index in [1.807, 2.05) is 0 Å². The fraction of sp³-hybridized carbons (Fsp3) is 0.125. The van der Waals surface area contributed by atoms with Crippen molar-refractivity contribution < 1.29 is 15.2 Å². The topological polar surface area (TPSA) is 84.5 Å². The normalized spacial score (nSPS) is 9.38. The van der Waals surface area contributed by atoms with Crippen molar-refractivity contribution in [3.8, 4) is 11.8 Å². The van der Waals surface area contributed by atoms with Gasteiger partial charge in [-0.2, -0.15) is 5.26 Å². The predicted octanol–water partition coefficient (Wildman–Crippen LogP) is -0.748. The summed E-state index contributed by atoms with van der Waals surface area (Å²) >= 11 is 0. The van der Waals surface area contributed by atoms with Crippen LogP contribution in [-0.2, 0) is 0 Å². The van der Waals surface area contributed by atoms with E-state index in [1.54, 1.807) is 13.0 Å². The molecule has 66 valence electrons. The Bertz CT molecular complexity index is 370. The summed E-state index contributed by atoms with van der Waals surface area (Å²) in [6.45, 7) is 1.70. The third kappa shape index (κ3) is 1.80. The summed E-state index contributed by atoms with van der Waals surface area (Å²) in [4.78, 5) is 0. The van der Waals surface area contributed by atoms with E-state index in [0.29, 0.717) is 5.56 Å². The molecule has 0 bridgehead atoms. The summed E-state index contributed by atoms with van der Waals surface area (Å²) < 4.78 is 0. The maximum atomic E-state index is 9.34. The summed E-state index contributed by atoms with van der Waals surface area (Å²) in [5, 5.41) is 35.6. The molecule has 3 N–H and O–H groups in total. The molecule has 0 spiro atoms. The zero-order chi connectivity index (χ0) is 10.0. The number of benzene rings is 1. The lowest BCUT2D eigenvalue weighted by molar-refractivity contribution is 0.419. The minimum Gasteiger partial charge on any atom is -0.507 e. The van der Waals surface area contributed by atoms with E-state index in [-0.39, 0.29) is 16.8 Å². The molecule has 0 saturated carbocycles. The molecule has 0 heterocycles. The van der Waals surface area contributed by atoms with Crippen LogP contribution in [0.15, 0.2) is 12.1 Å². The molecule has 4 nitrogen and oxygen atoms in total. The van der Waals surface area contributed by atoms with Crippen LogP contribution in [0.1, 0.15) is 11.1 Å². The number of aromatic hydroxyl groups is 1. The van der Waals surface area contributed by atoms with Gasteiger partial charge in [0.1, 0.15) is 11.8 Å². The van der Waals surface area contributed by atoms with E-state index in [2.05, 4.69) is 0 Å². The molecule has 0 fully saturated rings. The largest absolute Gasteiger partial charge is 0.507 e. The van der Waals surface area contributed by atoms with Gasteiger partial charge in [-0.25, -0.2) is 0 Å². The number of rotatable bonds is 1. The minimum atomic E-state index is -1.76. The number of phenolic OH excluding ortho intramolecular Hbond substituents is 1. The number of nitrogens with zero attached hydrogens (tertiary/aromatic N) is 1. The summed E-state index contributed by atoms with van der Waals surface area (Å²) in [5.41, 5.74) is 0.692. The Kier molecular flexibility index (Phi) is 2.56. The van der Waals surface area contributed by atoms with Crippen molar-refractivity contribution in [3.63, 3.8) is 0 Å². The van der Waals surface area contributed by atoms with E-state index >= 15 is 0 Å². The summed E-state index contributed by atoms with van der Waals surface area (Å²) in [6, 6.07) is 4.65. The van der Waals surface area contributed by atoms with E-state index in [9.17, 15) is 5.11 Å². The Morgan fingerprint density at radius 1 is 1.38 bits per heavy atom. The average Bonchev–Trinajstić information content (AvgIpc) is 2.08. The first-order valence-corrected chi connectivity index (χ1v) is 3.66. The summed E-state index contributed by atoms with van der Waals surface area (Å²) in [7, 11) is -1.76. The van der Waals surface area contributed by atoms with Crippen molar-refractivity contribution in [1.82, 2.24) is 0 Å². The number of nitriles is 1. The summed E-state index contributed by atoms with van der Waals surface area (Å²) in [6.07, 6.45) is 0. The van der Waals surface area contributed by atoms with Gasteiger partial charge in [-0.3, -0.25) is 0 Å². The van der Waals surface area contributed by atoms with Crippen molar-refractivity contribution in [3.05, 3.63) is 23.3 Å². The van der Waals surface area contributed by atoms with Gasteiger partial charge in [0.2, 0.25) is 0 Å². The zero-order valence-corrected chi connectivity index (χ0v) is 7.02. The van der Waals surface area contributed by atoms with Crippen molar-refractivity contribution >= 4 is 12.6 Å². The highest BCUT2D eigenvalue weighted by molar-refractivity contribution is 6.59. The first-order chi connectivity index (χ1) is 6.06. The van der Waals surface area contributed by atoms with Crippen molar-refractivity contribution in [2.75, 3.05) is 0 Å². The fourth-order valence-electron chi connectivity index (χ4n) is 1.09. The fourth-order valence-corrected chi connectivity index (χ4v) is 1.09. The van der Waals surface area contributed by atoms with Gasteiger partial charge in [0.05, 0.1) is 5.56 Å². The molecular weight excluding hydrogens is 169 g/mol. The third-order valence-corrected chi connectivity index (χ3v) is 1.68. The van der Waals surface area contributed by atoms with E-state index in [4.69, 9.17) is 15.3 Å². The average molecular weight is 177 g/mol. The molecule has 1 aromatic rings. The van der Waals surface area contributed by atoms with Crippen LogP contribution in [0.3, 0.4) is 0 Å². The first kappa shape index (κ1) is 9.58. The van der Waals surface area contributed by atoms with Crippen LogP contribution in [0.4, 0.5) is 0 Å².